The molecule has 0 bridgehead atoms. The van der Waals surface area contributed by atoms with Crippen LogP contribution in [0.3, 0.4) is 0 Å². The molecule has 1 saturated carbocycles. The summed E-state index contributed by atoms with van der Waals surface area (Å²) in [6, 6.07) is 4.00. The van der Waals surface area contributed by atoms with Gasteiger partial charge in [0.15, 0.2) is 5.82 Å². The number of aryl methyl sites for hydroxylation is 1. The van der Waals surface area contributed by atoms with Gasteiger partial charge in [-0.3, -0.25) is 19.3 Å². The number of aliphatic hydroxyl groups is 1. The van der Waals surface area contributed by atoms with Crippen molar-refractivity contribution in [2.75, 3.05) is 6.61 Å². The summed E-state index contributed by atoms with van der Waals surface area (Å²) in [7, 11) is 0. The Morgan fingerprint density at radius 1 is 1.34 bits per heavy atom. The fourth-order valence-electron chi connectivity index (χ4n) is 3.89. The molecule has 0 saturated heterocycles. The van der Waals surface area contributed by atoms with Gasteiger partial charge in [-0.25, -0.2) is 18.7 Å². The quantitative estimate of drug-likeness (QED) is 0.298. The Hall–Kier alpha value is -3.76. The lowest BCUT2D eigenvalue weighted by atomic mass is 10.1. The Morgan fingerprint density at radius 2 is 2.11 bits per heavy atom. The molecule has 11 heteroatoms. The van der Waals surface area contributed by atoms with Crippen LogP contribution in [0.15, 0.2) is 58.6 Å². The van der Waals surface area contributed by atoms with Gasteiger partial charge in [0, 0.05) is 30.2 Å². The van der Waals surface area contributed by atoms with E-state index in [1.807, 2.05) is 0 Å². The lowest BCUT2D eigenvalue weighted by Crippen LogP contribution is -2.23. The number of nitrogens with zero attached hydrogens (tertiary/aromatic N) is 5. The minimum atomic E-state index is -0.864. The predicted octanol–water partition coefficient (Wildman–Crippen LogP) is 4.56. The molecule has 38 heavy (non-hydrogen) atoms. The summed E-state index contributed by atoms with van der Waals surface area (Å²) in [5.74, 6) is -0.998. The van der Waals surface area contributed by atoms with Crippen LogP contribution < -0.4 is 10.3 Å². The van der Waals surface area contributed by atoms with E-state index in [-0.39, 0.29) is 41.6 Å². The van der Waals surface area contributed by atoms with E-state index in [2.05, 4.69) is 26.5 Å². The number of pyridine rings is 2. The number of rotatable bonds is 10. The fraction of sp³-hybridized carbons (Fsp3) is 0.296. The van der Waals surface area contributed by atoms with Crippen LogP contribution in [-0.2, 0) is 18.6 Å². The van der Waals surface area contributed by atoms with Crippen molar-refractivity contribution in [1.29, 1.82) is 0 Å². The first-order valence-corrected chi connectivity index (χ1v) is 12.2. The molecule has 0 spiro atoms. The number of hydrogen-bond donors (Lipinski definition) is 1. The van der Waals surface area contributed by atoms with Crippen LogP contribution in [0.5, 0.6) is 5.75 Å². The van der Waals surface area contributed by atoms with Gasteiger partial charge >= 0.3 is 0 Å². The second kappa shape index (κ2) is 11.3. The van der Waals surface area contributed by atoms with E-state index in [9.17, 15) is 18.7 Å². The van der Waals surface area contributed by atoms with Crippen molar-refractivity contribution in [3.05, 3.63) is 98.7 Å². The van der Waals surface area contributed by atoms with E-state index in [0.717, 1.165) is 19.0 Å². The molecule has 3 aromatic rings. The van der Waals surface area contributed by atoms with Crippen molar-refractivity contribution in [2.45, 2.75) is 45.3 Å². The van der Waals surface area contributed by atoms with E-state index < -0.39 is 17.2 Å². The van der Waals surface area contributed by atoms with Gasteiger partial charge in [0.1, 0.15) is 34.7 Å². The highest BCUT2D eigenvalue weighted by molar-refractivity contribution is 6.31. The molecule has 0 amide bonds. The van der Waals surface area contributed by atoms with Gasteiger partial charge in [0.2, 0.25) is 0 Å². The average molecular weight is 542 g/mol. The summed E-state index contributed by atoms with van der Waals surface area (Å²) in [6.45, 7) is 7.26. The maximum absolute atomic E-state index is 13.9. The van der Waals surface area contributed by atoms with Gasteiger partial charge in [-0.15, -0.1) is 0 Å². The SMILES string of the molecule is C=C/C(=C(C)\C=N/Cc1ccnc(C2(CO)CC2)n1)n1c(C)cc(OCc2ncc(F)cc2F)c(Cl)c1=O. The first-order chi connectivity index (χ1) is 18.2. The molecule has 4 rings (SSSR count). The Labute approximate surface area is 223 Å². The monoisotopic (exact) mass is 541 g/mol. The van der Waals surface area contributed by atoms with Gasteiger partial charge in [0.25, 0.3) is 5.56 Å². The predicted molar refractivity (Wildman–Crippen MR) is 140 cm³/mol. The zero-order valence-electron chi connectivity index (χ0n) is 20.9. The second-order valence-corrected chi connectivity index (χ2v) is 9.41. The highest BCUT2D eigenvalue weighted by Gasteiger charge is 2.46. The summed E-state index contributed by atoms with van der Waals surface area (Å²) in [5, 5.41) is 9.42. The summed E-state index contributed by atoms with van der Waals surface area (Å²) in [4.78, 5) is 30.1. The molecule has 0 aromatic carbocycles. The first-order valence-electron chi connectivity index (χ1n) is 11.8. The van der Waals surface area contributed by atoms with Crippen LogP contribution in [-0.4, -0.2) is 37.4 Å². The minimum Gasteiger partial charge on any atom is -0.485 e. The van der Waals surface area contributed by atoms with Crippen LogP contribution in [0.4, 0.5) is 8.78 Å². The molecule has 3 aromatic heterocycles. The lowest BCUT2D eigenvalue weighted by Gasteiger charge is -2.16. The molecule has 0 radical (unpaired) electrons. The molecule has 0 atom stereocenters. The summed E-state index contributed by atoms with van der Waals surface area (Å²) in [6.07, 6.45) is 7.40. The number of aliphatic hydroxyl groups excluding tert-OH is 1. The van der Waals surface area contributed by atoms with Crippen LogP contribution in [0, 0.1) is 18.6 Å². The highest BCUT2D eigenvalue weighted by atomic mass is 35.5. The number of aliphatic imine (C=N–C) groups is 1. The number of allylic oxidation sites excluding steroid dienone is 3. The van der Waals surface area contributed by atoms with Gasteiger partial charge in [-0.05, 0) is 44.4 Å². The maximum Gasteiger partial charge on any atom is 0.277 e. The summed E-state index contributed by atoms with van der Waals surface area (Å²) < 4.78 is 33.9. The molecular formula is C27H26ClF2N5O3. The third kappa shape index (κ3) is 5.71. The molecule has 0 aliphatic heterocycles. The van der Waals surface area contributed by atoms with Gasteiger partial charge in [-0.2, -0.15) is 0 Å². The van der Waals surface area contributed by atoms with Crippen LogP contribution in [0.25, 0.3) is 5.70 Å². The average Bonchev–Trinajstić information content (AvgIpc) is 3.70. The van der Waals surface area contributed by atoms with Crippen molar-refractivity contribution in [3.8, 4) is 5.75 Å². The van der Waals surface area contributed by atoms with E-state index >= 15 is 0 Å². The third-order valence-corrected chi connectivity index (χ3v) is 6.62. The molecule has 1 fully saturated rings. The third-order valence-electron chi connectivity index (χ3n) is 6.27. The van der Waals surface area contributed by atoms with Crippen LogP contribution >= 0.6 is 11.6 Å². The van der Waals surface area contributed by atoms with Crippen molar-refractivity contribution in [1.82, 2.24) is 19.5 Å². The zero-order chi connectivity index (χ0) is 27.4. The minimum absolute atomic E-state index is 0.0186. The van der Waals surface area contributed by atoms with E-state index in [0.29, 0.717) is 34.5 Å². The molecular weight excluding hydrogens is 516 g/mol. The largest absolute Gasteiger partial charge is 0.485 e. The van der Waals surface area contributed by atoms with E-state index in [4.69, 9.17) is 16.3 Å². The van der Waals surface area contributed by atoms with Gasteiger partial charge in [0.05, 0.1) is 36.2 Å². The van der Waals surface area contributed by atoms with Crippen molar-refractivity contribution in [3.63, 3.8) is 0 Å². The Balaban J connectivity index is 1.54. The van der Waals surface area contributed by atoms with E-state index in [1.54, 1.807) is 32.3 Å². The molecule has 1 aliphatic carbocycles. The number of halogens is 3. The van der Waals surface area contributed by atoms with Crippen LogP contribution in [0.1, 0.15) is 42.7 Å². The molecule has 3 heterocycles. The number of hydrogen-bond acceptors (Lipinski definition) is 7. The van der Waals surface area contributed by atoms with Crippen LogP contribution in [0.2, 0.25) is 5.02 Å². The smallest absolute Gasteiger partial charge is 0.277 e. The molecule has 0 unspecified atom stereocenters. The highest BCUT2D eigenvalue weighted by Crippen LogP contribution is 2.45. The topological polar surface area (TPSA) is 102 Å². The Kier molecular flexibility index (Phi) is 8.13. The molecule has 1 N–H and O–H groups in total. The standard InChI is InChI=1S/C27H26ClF2N5O3/c1-4-22(16(2)11-31-13-19-5-8-32-26(34-19)27(15-36)6-7-27)35-17(3)9-23(24(28)25(35)37)38-14-21-20(30)10-18(29)12-33-21/h4-5,8-12,36H,1,6-7,13-15H2,2-3H3/b22-16+,31-11-. The Bertz CT molecular complexity index is 1500. The second-order valence-electron chi connectivity index (χ2n) is 9.03. The number of ether oxygens (including phenoxy) is 1. The van der Waals surface area contributed by atoms with E-state index in [1.165, 1.54) is 16.7 Å². The number of aromatic nitrogens is 4. The van der Waals surface area contributed by atoms with Crippen molar-refractivity contribution >= 4 is 23.5 Å². The normalized spacial score (nSPS) is 14.9. The molecule has 198 valence electrons. The van der Waals surface area contributed by atoms with Gasteiger partial charge in [-0.1, -0.05) is 18.2 Å². The summed E-state index contributed by atoms with van der Waals surface area (Å²) in [5.41, 5.74) is 1.31. The lowest BCUT2D eigenvalue weighted by molar-refractivity contribution is 0.249. The fourth-order valence-corrected chi connectivity index (χ4v) is 4.09. The summed E-state index contributed by atoms with van der Waals surface area (Å²) >= 11 is 6.31. The van der Waals surface area contributed by atoms with Crippen molar-refractivity contribution in [2.24, 2.45) is 4.99 Å². The zero-order valence-corrected chi connectivity index (χ0v) is 21.7. The first kappa shape index (κ1) is 27.3. The molecule has 8 nitrogen and oxygen atoms in total. The van der Waals surface area contributed by atoms with Crippen molar-refractivity contribution < 1.29 is 18.6 Å². The maximum atomic E-state index is 13.9. The Morgan fingerprint density at radius 3 is 2.76 bits per heavy atom. The molecule has 1 aliphatic rings. The van der Waals surface area contributed by atoms with Gasteiger partial charge < -0.3 is 9.84 Å².